The van der Waals surface area contributed by atoms with Crippen molar-refractivity contribution in [2.24, 2.45) is 5.73 Å². The summed E-state index contributed by atoms with van der Waals surface area (Å²) in [5.74, 6) is -0.694. The lowest BCUT2D eigenvalue weighted by Gasteiger charge is -2.25. The molecule has 4 nitrogen and oxygen atoms in total. The van der Waals surface area contributed by atoms with Crippen LogP contribution in [0.3, 0.4) is 0 Å². The number of carbonyl (C=O) groups is 2. The Labute approximate surface area is 129 Å². The number of rotatable bonds is 3. The number of benzene rings is 2. The molecule has 2 N–H and O–H groups in total. The second-order valence-electron chi connectivity index (χ2n) is 5.48. The van der Waals surface area contributed by atoms with Crippen molar-refractivity contribution in [3.05, 3.63) is 71.3 Å². The van der Waals surface area contributed by atoms with E-state index in [-0.39, 0.29) is 17.5 Å². The molecule has 1 fully saturated rings. The van der Waals surface area contributed by atoms with Gasteiger partial charge in [0.1, 0.15) is 0 Å². The van der Waals surface area contributed by atoms with Crippen LogP contribution in [0.1, 0.15) is 45.2 Å². The lowest BCUT2D eigenvalue weighted by Crippen LogP contribution is -2.32. The van der Waals surface area contributed by atoms with Crippen LogP contribution in [0.15, 0.2) is 54.6 Å². The number of hydrogen-bond donors (Lipinski definition) is 1. The van der Waals surface area contributed by atoms with Gasteiger partial charge in [-0.25, -0.2) is 0 Å². The van der Waals surface area contributed by atoms with E-state index in [9.17, 15) is 9.59 Å². The molecule has 0 bridgehead atoms. The van der Waals surface area contributed by atoms with Crippen LogP contribution in [0.2, 0.25) is 0 Å². The zero-order chi connectivity index (χ0) is 15.5. The van der Waals surface area contributed by atoms with Crippen LogP contribution in [0, 0.1) is 0 Å². The lowest BCUT2D eigenvalue weighted by molar-refractivity contribution is 0.0731. The summed E-state index contributed by atoms with van der Waals surface area (Å²) in [6, 6.07) is 16.8. The molecule has 4 heteroatoms. The Balaban J connectivity index is 1.93. The van der Waals surface area contributed by atoms with Crippen molar-refractivity contribution >= 4 is 11.8 Å². The third-order valence-corrected chi connectivity index (χ3v) is 4.12. The summed E-state index contributed by atoms with van der Waals surface area (Å²) in [4.78, 5) is 26.3. The number of likely N-dealkylation sites (tertiary alicyclic amines) is 1. The molecule has 2 amide bonds. The van der Waals surface area contributed by atoms with Crippen LogP contribution >= 0.6 is 0 Å². The number of amides is 2. The Morgan fingerprint density at radius 2 is 1.59 bits per heavy atom. The van der Waals surface area contributed by atoms with Crippen LogP contribution in [0.25, 0.3) is 0 Å². The Kier molecular flexibility index (Phi) is 3.92. The van der Waals surface area contributed by atoms with Gasteiger partial charge in [-0.1, -0.05) is 42.5 Å². The van der Waals surface area contributed by atoms with Crippen molar-refractivity contribution in [1.82, 2.24) is 4.90 Å². The fourth-order valence-corrected chi connectivity index (χ4v) is 3.07. The first-order valence-corrected chi connectivity index (χ1v) is 7.43. The molecule has 0 radical (unpaired) electrons. The third kappa shape index (κ3) is 2.60. The minimum absolute atomic E-state index is 0.0645. The molecule has 1 atom stereocenters. The predicted octanol–water partition coefficient (Wildman–Crippen LogP) is 2.76. The molecule has 1 aliphatic rings. The Morgan fingerprint density at radius 3 is 2.27 bits per heavy atom. The first-order valence-electron chi connectivity index (χ1n) is 7.43. The van der Waals surface area contributed by atoms with Crippen molar-refractivity contribution in [2.75, 3.05) is 6.54 Å². The van der Waals surface area contributed by atoms with Crippen LogP contribution in [-0.2, 0) is 0 Å². The molecule has 0 saturated carbocycles. The largest absolute Gasteiger partial charge is 0.366 e. The second-order valence-corrected chi connectivity index (χ2v) is 5.48. The number of carbonyl (C=O) groups excluding carboxylic acids is 2. The number of primary amides is 1. The van der Waals surface area contributed by atoms with Gasteiger partial charge in [0.25, 0.3) is 5.91 Å². The highest BCUT2D eigenvalue weighted by atomic mass is 16.2. The summed E-state index contributed by atoms with van der Waals surface area (Å²) in [5, 5.41) is 0. The van der Waals surface area contributed by atoms with Gasteiger partial charge in [-0.2, -0.15) is 0 Å². The fourth-order valence-electron chi connectivity index (χ4n) is 3.07. The van der Waals surface area contributed by atoms with Crippen LogP contribution < -0.4 is 5.73 Å². The normalized spacial score (nSPS) is 17.5. The first-order chi connectivity index (χ1) is 10.7. The van der Waals surface area contributed by atoms with Gasteiger partial charge in [-0.05, 0) is 30.5 Å². The molecule has 1 saturated heterocycles. The molecule has 1 heterocycles. The lowest BCUT2D eigenvalue weighted by atomic mass is 10.0. The van der Waals surface area contributed by atoms with Crippen LogP contribution in [-0.4, -0.2) is 23.3 Å². The molecular weight excluding hydrogens is 276 g/mol. The van der Waals surface area contributed by atoms with Gasteiger partial charge >= 0.3 is 0 Å². The van der Waals surface area contributed by atoms with Gasteiger partial charge in [-0.15, -0.1) is 0 Å². The Morgan fingerprint density at radius 1 is 0.955 bits per heavy atom. The summed E-state index contributed by atoms with van der Waals surface area (Å²) in [5.41, 5.74) is 7.19. The second kappa shape index (κ2) is 6.02. The van der Waals surface area contributed by atoms with E-state index in [4.69, 9.17) is 5.73 Å². The smallest absolute Gasteiger partial charge is 0.255 e. The minimum Gasteiger partial charge on any atom is -0.366 e. The molecule has 0 spiro atoms. The van der Waals surface area contributed by atoms with Crippen molar-refractivity contribution < 1.29 is 9.59 Å². The van der Waals surface area contributed by atoms with Crippen molar-refractivity contribution in [3.63, 3.8) is 0 Å². The quantitative estimate of drug-likeness (QED) is 0.946. The third-order valence-electron chi connectivity index (χ3n) is 4.12. The SMILES string of the molecule is NC(=O)c1ccccc1C(=O)N1CCCC1c1ccccc1. The molecule has 2 aromatic rings. The van der Waals surface area contributed by atoms with Crippen molar-refractivity contribution in [1.29, 1.82) is 0 Å². The van der Waals surface area contributed by atoms with E-state index in [1.54, 1.807) is 24.3 Å². The van der Waals surface area contributed by atoms with Gasteiger partial charge in [0.2, 0.25) is 5.91 Å². The number of nitrogens with two attached hydrogens (primary N) is 1. The molecule has 22 heavy (non-hydrogen) atoms. The van der Waals surface area contributed by atoms with Crippen LogP contribution in [0.5, 0.6) is 0 Å². The zero-order valence-corrected chi connectivity index (χ0v) is 12.2. The summed E-state index contributed by atoms with van der Waals surface area (Å²) in [7, 11) is 0. The summed E-state index contributed by atoms with van der Waals surface area (Å²) in [6.07, 6.45) is 1.90. The molecular formula is C18H18N2O2. The van der Waals surface area contributed by atoms with E-state index < -0.39 is 5.91 Å². The molecule has 112 valence electrons. The highest BCUT2D eigenvalue weighted by Crippen LogP contribution is 2.33. The van der Waals surface area contributed by atoms with E-state index in [0.717, 1.165) is 18.4 Å². The van der Waals surface area contributed by atoms with E-state index in [1.807, 2.05) is 35.2 Å². The van der Waals surface area contributed by atoms with Crippen molar-refractivity contribution in [3.8, 4) is 0 Å². The number of hydrogen-bond acceptors (Lipinski definition) is 2. The Hall–Kier alpha value is -2.62. The molecule has 1 aliphatic heterocycles. The zero-order valence-electron chi connectivity index (χ0n) is 12.2. The monoisotopic (exact) mass is 294 g/mol. The van der Waals surface area contributed by atoms with Gasteiger partial charge in [-0.3, -0.25) is 9.59 Å². The standard InChI is InChI=1S/C18H18N2O2/c19-17(21)14-9-4-5-10-15(14)18(22)20-12-6-11-16(20)13-7-2-1-3-8-13/h1-5,7-10,16H,6,11-12H2,(H2,19,21). The molecule has 1 unspecified atom stereocenters. The van der Waals surface area contributed by atoms with Crippen LogP contribution in [0.4, 0.5) is 0 Å². The van der Waals surface area contributed by atoms with Gasteiger partial charge in [0.15, 0.2) is 0 Å². The summed E-state index contributed by atoms with van der Waals surface area (Å²) in [6.45, 7) is 0.700. The van der Waals surface area contributed by atoms with E-state index in [0.29, 0.717) is 12.1 Å². The molecule has 2 aromatic carbocycles. The highest BCUT2D eigenvalue weighted by molar-refractivity contribution is 6.06. The maximum absolute atomic E-state index is 12.9. The van der Waals surface area contributed by atoms with Gasteiger partial charge in [0, 0.05) is 6.54 Å². The van der Waals surface area contributed by atoms with E-state index >= 15 is 0 Å². The van der Waals surface area contributed by atoms with Crippen molar-refractivity contribution in [2.45, 2.75) is 18.9 Å². The molecule has 0 aromatic heterocycles. The molecule has 3 rings (SSSR count). The fraction of sp³-hybridized carbons (Fsp3) is 0.222. The maximum atomic E-state index is 12.9. The van der Waals surface area contributed by atoms with E-state index in [1.165, 1.54) is 0 Å². The van der Waals surface area contributed by atoms with Gasteiger partial charge < -0.3 is 10.6 Å². The van der Waals surface area contributed by atoms with Gasteiger partial charge in [0.05, 0.1) is 17.2 Å². The Bertz CT molecular complexity index is 697. The first kappa shape index (κ1) is 14.3. The predicted molar refractivity (Wildman–Crippen MR) is 84.4 cm³/mol. The summed E-state index contributed by atoms with van der Waals surface area (Å²) >= 11 is 0. The average Bonchev–Trinajstić information content (AvgIpc) is 3.04. The average molecular weight is 294 g/mol. The maximum Gasteiger partial charge on any atom is 0.255 e. The number of nitrogens with zero attached hydrogens (tertiary/aromatic N) is 1. The molecule has 0 aliphatic carbocycles. The highest BCUT2D eigenvalue weighted by Gasteiger charge is 2.31. The van der Waals surface area contributed by atoms with E-state index in [2.05, 4.69) is 0 Å². The topological polar surface area (TPSA) is 63.4 Å². The minimum atomic E-state index is -0.570. The summed E-state index contributed by atoms with van der Waals surface area (Å²) < 4.78 is 0.